The number of amides is 1. The van der Waals surface area contributed by atoms with Crippen LogP contribution in [-0.2, 0) is 11.3 Å². The second-order valence-electron chi connectivity index (χ2n) is 4.68. The zero-order chi connectivity index (χ0) is 15.8. The van der Waals surface area contributed by atoms with Crippen LogP contribution in [0.4, 0.5) is 0 Å². The summed E-state index contributed by atoms with van der Waals surface area (Å²) in [6, 6.07) is 15.2. The predicted molar refractivity (Wildman–Crippen MR) is 89.1 cm³/mol. The fourth-order valence-corrected chi connectivity index (χ4v) is 2.27. The van der Waals surface area contributed by atoms with Crippen LogP contribution in [0.15, 0.2) is 53.0 Å². The third-order valence-corrected chi connectivity index (χ3v) is 3.51. The molecule has 1 N–H and O–H groups in total. The summed E-state index contributed by atoms with van der Waals surface area (Å²) >= 11 is 3.38. The number of ether oxygens (including phenoxy) is 2. The molecule has 0 aliphatic rings. The van der Waals surface area contributed by atoms with Gasteiger partial charge in [0.2, 0.25) is 5.91 Å². The largest absolute Gasteiger partial charge is 0.497 e. The number of hydrogen-bond acceptors (Lipinski definition) is 3. The molecular formula is C17H18BrNO3. The molecule has 2 aromatic carbocycles. The molecule has 0 saturated carbocycles. The zero-order valence-corrected chi connectivity index (χ0v) is 13.9. The lowest BCUT2D eigenvalue weighted by atomic mass is 10.2. The maximum atomic E-state index is 11.8. The number of carbonyl (C=O) groups excluding carboxylic acids is 1. The van der Waals surface area contributed by atoms with Crippen molar-refractivity contribution in [2.45, 2.75) is 13.0 Å². The van der Waals surface area contributed by atoms with E-state index >= 15 is 0 Å². The lowest BCUT2D eigenvalue weighted by Crippen LogP contribution is -2.24. The maximum absolute atomic E-state index is 11.8. The minimum Gasteiger partial charge on any atom is -0.497 e. The van der Waals surface area contributed by atoms with E-state index in [2.05, 4.69) is 21.2 Å². The minimum atomic E-state index is -0.0437. The number of carbonyl (C=O) groups is 1. The quantitative estimate of drug-likeness (QED) is 0.818. The van der Waals surface area contributed by atoms with Crippen molar-refractivity contribution in [1.82, 2.24) is 5.32 Å². The Morgan fingerprint density at radius 3 is 2.68 bits per heavy atom. The molecular weight excluding hydrogens is 346 g/mol. The molecule has 5 heteroatoms. The van der Waals surface area contributed by atoms with Crippen LogP contribution < -0.4 is 14.8 Å². The molecule has 0 bridgehead atoms. The van der Waals surface area contributed by atoms with Gasteiger partial charge in [0.05, 0.1) is 20.1 Å². The highest BCUT2D eigenvalue weighted by atomic mass is 79.9. The normalized spacial score (nSPS) is 10.1. The first-order chi connectivity index (χ1) is 10.7. The summed E-state index contributed by atoms with van der Waals surface area (Å²) < 4.78 is 11.6. The molecule has 22 heavy (non-hydrogen) atoms. The molecule has 1 amide bonds. The third kappa shape index (κ3) is 5.41. The molecule has 0 saturated heterocycles. The smallest absolute Gasteiger partial charge is 0.223 e. The average molecular weight is 364 g/mol. The van der Waals surface area contributed by atoms with Gasteiger partial charge in [0, 0.05) is 11.0 Å². The Morgan fingerprint density at radius 2 is 1.91 bits per heavy atom. The highest BCUT2D eigenvalue weighted by molar-refractivity contribution is 9.10. The minimum absolute atomic E-state index is 0.0437. The molecule has 2 aromatic rings. The van der Waals surface area contributed by atoms with Crippen LogP contribution in [0.1, 0.15) is 12.0 Å². The van der Waals surface area contributed by atoms with Gasteiger partial charge in [-0.25, -0.2) is 0 Å². The van der Waals surface area contributed by atoms with E-state index in [-0.39, 0.29) is 5.91 Å². The Labute approximate surface area is 138 Å². The molecule has 0 aliphatic carbocycles. The first-order valence-electron chi connectivity index (χ1n) is 6.95. The van der Waals surface area contributed by atoms with Gasteiger partial charge in [0.25, 0.3) is 0 Å². The van der Waals surface area contributed by atoms with E-state index in [1.54, 1.807) is 7.11 Å². The third-order valence-electron chi connectivity index (χ3n) is 3.02. The number of methoxy groups -OCH3 is 1. The van der Waals surface area contributed by atoms with E-state index in [1.807, 2.05) is 48.5 Å². The number of halogens is 1. The first kappa shape index (κ1) is 16.4. The van der Waals surface area contributed by atoms with Gasteiger partial charge in [-0.1, -0.05) is 34.1 Å². The Hall–Kier alpha value is -2.01. The van der Waals surface area contributed by atoms with E-state index in [0.29, 0.717) is 19.6 Å². The molecule has 0 atom stereocenters. The van der Waals surface area contributed by atoms with Crippen LogP contribution in [-0.4, -0.2) is 19.6 Å². The number of rotatable bonds is 7. The van der Waals surface area contributed by atoms with E-state index in [0.717, 1.165) is 21.5 Å². The standard InChI is InChI=1S/C17H18BrNO3/c1-21-15-6-2-4-13(10-15)12-19-17(20)8-9-22-16-7-3-5-14(18)11-16/h2-7,10-11H,8-9,12H2,1H3,(H,19,20). The summed E-state index contributed by atoms with van der Waals surface area (Å²) in [7, 11) is 1.62. The van der Waals surface area contributed by atoms with Crippen LogP contribution >= 0.6 is 15.9 Å². The van der Waals surface area contributed by atoms with Crippen molar-refractivity contribution in [1.29, 1.82) is 0 Å². The van der Waals surface area contributed by atoms with Gasteiger partial charge < -0.3 is 14.8 Å². The van der Waals surface area contributed by atoms with E-state index in [4.69, 9.17) is 9.47 Å². The number of hydrogen-bond donors (Lipinski definition) is 1. The molecule has 116 valence electrons. The van der Waals surface area contributed by atoms with Crippen LogP contribution in [0, 0.1) is 0 Å². The SMILES string of the molecule is COc1cccc(CNC(=O)CCOc2cccc(Br)c2)c1. The van der Waals surface area contributed by atoms with Crippen molar-refractivity contribution >= 4 is 21.8 Å². The van der Waals surface area contributed by atoms with Gasteiger partial charge >= 0.3 is 0 Å². The monoisotopic (exact) mass is 363 g/mol. The van der Waals surface area contributed by atoms with Crippen molar-refractivity contribution in [3.8, 4) is 11.5 Å². The Bertz CT molecular complexity index is 631. The first-order valence-corrected chi connectivity index (χ1v) is 7.74. The summed E-state index contributed by atoms with van der Waals surface area (Å²) in [5, 5.41) is 2.86. The van der Waals surface area contributed by atoms with Gasteiger partial charge in [-0.2, -0.15) is 0 Å². The Balaban J connectivity index is 1.71. The average Bonchev–Trinajstić information content (AvgIpc) is 2.53. The van der Waals surface area contributed by atoms with Crippen molar-refractivity contribution in [2.75, 3.05) is 13.7 Å². The zero-order valence-electron chi connectivity index (χ0n) is 12.3. The fraction of sp³-hybridized carbons (Fsp3) is 0.235. The predicted octanol–water partition coefficient (Wildman–Crippen LogP) is 3.54. The molecule has 0 spiro atoms. The summed E-state index contributed by atoms with van der Waals surface area (Å²) in [4.78, 5) is 11.8. The van der Waals surface area contributed by atoms with Crippen molar-refractivity contribution in [3.63, 3.8) is 0 Å². The van der Waals surface area contributed by atoms with Crippen LogP contribution in [0.25, 0.3) is 0 Å². The Morgan fingerprint density at radius 1 is 1.14 bits per heavy atom. The number of nitrogens with one attached hydrogen (secondary N) is 1. The summed E-state index contributed by atoms with van der Waals surface area (Å²) in [5.41, 5.74) is 1.00. The van der Waals surface area contributed by atoms with E-state index in [9.17, 15) is 4.79 Å². The molecule has 0 aliphatic heterocycles. The second kappa shape index (κ2) is 8.44. The molecule has 2 rings (SSSR count). The highest BCUT2D eigenvalue weighted by Crippen LogP contribution is 2.17. The summed E-state index contributed by atoms with van der Waals surface area (Å²) in [6.45, 7) is 0.827. The van der Waals surface area contributed by atoms with E-state index < -0.39 is 0 Å². The van der Waals surface area contributed by atoms with Crippen LogP contribution in [0.3, 0.4) is 0 Å². The van der Waals surface area contributed by atoms with Gasteiger partial charge in [-0.3, -0.25) is 4.79 Å². The van der Waals surface area contributed by atoms with Crippen molar-refractivity contribution in [2.24, 2.45) is 0 Å². The fourth-order valence-electron chi connectivity index (χ4n) is 1.89. The topological polar surface area (TPSA) is 47.6 Å². The van der Waals surface area contributed by atoms with Crippen molar-refractivity contribution < 1.29 is 14.3 Å². The number of benzene rings is 2. The van der Waals surface area contributed by atoms with Crippen molar-refractivity contribution in [3.05, 3.63) is 58.6 Å². The van der Waals surface area contributed by atoms with Gasteiger partial charge in [0.15, 0.2) is 0 Å². The summed E-state index contributed by atoms with van der Waals surface area (Å²) in [5.74, 6) is 1.48. The molecule has 0 aromatic heterocycles. The molecule has 4 nitrogen and oxygen atoms in total. The van der Waals surface area contributed by atoms with Crippen LogP contribution in [0.5, 0.6) is 11.5 Å². The highest BCUT2D eigenvalue weighted by Gasteiger charge is 2.03. The van der Waals surface area contributed by atoms with Gasteiger partial charge in [0.1, 0.15) is 11.5 Å². The van der Waals surface area contributed by atoms with Gasteiger partial charge in [-0.05, 0) is 35.9 Å². The second-order valence-corrected chi connectivity index (χ2v) is 5.60. The molecule has 0 radical (unpaired) electrons. The van der Waals surface area contributed by atoms with Crippen LogP contribution in [0.2, 0.25) is 0 Å². The lowest BCUT2D eigenvalue weighted by molar-refractivity contribution is -0.121. The van der Waals surface area contributed by atoms with E-state index in [1.165, 1.54) is 0 Å². The Kier molecular flexibility index (Phi) is 6.27. The molecule has 0 heterocycles. The lowest BCUT2D eigenvalue weighted by Gasteiger charge is -2.08. The van der Waals surface area contributed by atoms with Gasteiger partial charge in [-0.15, -0.1) is 0 Å². The molecule has 0 unspecified atom stereocenters. The maximum Gasteiger partial charge on any atom is 0.223 e. The molecule has 0 fully saturated rings. The summed E-state index contributed by atoms with van der Waals surface area (Å²) in [6.07, 6.45) is 0.316.